The molecule has 0 saturated heterocycles. The lowest BCUT2D eigenvalue weighted by Gasteiger charge is -2.31. The molecule has 678 valence electrons. The fourth-order valence-electron chi connectivity index (χ4n) is 16.7. The summed E-state index contributed by atoms with van der Waals surface area (Å²) in [6, 6.07) is 157. The number of hydrogen-bond acceptors (Lipinski definition) is 12. The number of ether oxygens (including phenoxy) is 5. The van der Waals surface area contributed by atoms with Crippen molar-refractivity contribution in [1.29, 1.82) is 0 Å². The van der Waals surface area contributed by atoms with E-state index in [0.717, 1.165) is 140 Å². The van der Waals surface area contributed by atoms with E-state index in [1.165, 1.54) is 5.56 Å². The predicted octanol–water partition coefficient (Wildman–Crippen LogP) is 24.3. The molecule has 12 nitrogen and oxygen atoms in total. The molecule has 0 aliphatic heterocycles. The Balaban J connectivity index is 0.000000137. The molecule has 0 fully saturated rings. The molecule has 0 amide bonds. The van der Waals surface area contributed by atoms with E-state index in [0.29, 0.717) is 5.56 Å². The van der Waals surface area contributed by atoms with Crippen LogP contribution >= 0.6 is 0 Å². The molecule has 0 spiro atoms. The van der Waals surface area contributed by atoms with Crippen LogP contribution in [0.15, 0.2) is 491 Å². The van der Waals surface area contributed by atoms with Crippen molar-refractivity contribution in [2.45, 2.75) is 61.0 Å². The van der Waals surface area contributed by atoms with Crippen LogP contribution in [-0.4, -0.2) is 71.3 Å². The molecule has 135 heavy (non-hydrogen) atoms. The van der Waals surface area contributed by atoms with Crippen LogP contribution in [0, 0.1) is 20.8 Å². The zero-order valence-corrected chi connectivity index (χ0v) is 77.1. The van der Waals surface area contributed by atoms with E-state index < -0.39 is 33.6 Å². The van der Waals surface area contributed by atoms with Crippen molar-refractivity contribution in [2.75, 3.05) is 35.5 Å². The van der Waals surface area contributed by atoms with Crippen LogP contribution in [0.3, 0.4) is 0 Å². The Hall–Kier alpha value is -15.3. The summed E-state index contributed by atoms with van der Waals surface area (Å²) in [6.45, 7) is 6.09. The maximum absolute atomic E-state index is 11.8. The first-order chi connectivity index (χ1) is 65.7. The van der Waals surface area contributed by atoms with E-state index in [1.807, 2.05) is 512 Å². The minimum atomic E-state index is -1.34. The zero-order valence-electron chi connectivity index (χ0n) is 77.1. The number of rotatable bonds is 24. The molecule has 0 atom stereocenters. The summed E-state index contributed by atoms with van der Waals surface area (Å²) >= 11 is 0. The molecule has 0 aliphatic carbocycles. The lowest BCUT2D eigenvalue weighted by Crippen LogP contribution is -2.29. The highest BCUT2D eigenvalue weighted by Crippen LogP contribution is 2.45. The van der Waals surface area contributed by atoms with Crippen LogP contribution in [0.25, 0.3) is 0 Å². The summed E-state index contributed by atoms with van der Waals surface area (Å²) < 4.78 is 26.1. The van der Waals surface area contributed by atoms with Crippen molar-refractivity contribution < 1.29 is 59.4 Å². The topological polar surface area (TPSA) is 188 Å². The van der Waals surface area contributed by atoms with Gasteiger partial charge in [0, 0.05) is 0 Å². The van der Waals surface area contributed by atoms with Crippen LogP contribution in [0.5, 0.6) is 28.7 Å². The number of methoxy groups -OCH3 is 5. The Bertz CT molecular complexity index is 6250. The Kier molecular flexibility index (Phi) is 33.2. The number of hydrogen-bond donors (Lipinski definition) is 7. The van der Waals surface area contributed by atoms with Gasteiger partial charge in [-0.2, -0.15) is 0 Å². The molecular weight excluding hydrogens is 1670 g/mol. The van der Waals surface area contributed by atoms with Gasteiger partial charge in [0.25, 0.3) is 0 Å². The van der Waals surface area contributed by atoms with E-state index >= 15 is 0 Å². The third-order valence-electron chi connectivity index (χ3n) is 24.3. The second kappa shape index (κ2) is 46.2. The summed E-state index contributed by atoms with van der Waals surface area (Å²) in [5.74, 6) is 3.72. The van der Waals surface area contributed by atoms with Crippen molar-refractivity contribution in [1.82, 2.24) is 0 Å². The average molecular weight is 1780 g/mol. The average Bonchev–Trinajstić information content (AvgIpc) is 0.832. The van der Waals surface area contributed by atoms with E-state index in [-0.39, 0.29) is 6.61 Å². The van der Waals surface area contributed by atoms with Gasteiger partial charge >= 0.3 is 0 Å². The van der Waals surface area contributed by atoms with Gasteiger partial charge in [-0.3, -0.25) is 0 Å². The molecule has 7 N–H and O–H groups in total. The Morgan fingerprint density at radius 3 is 0.556 bits per heavy atom. The Morgan fingerprint density at radius 2 is 0.348 bits per heavy atom. The number of aliphatic hydroxyl groups excluding tert-OH is 1. The van der Waals surface area contributed by atoms with Gasteiger partial charge in [0.15, 0.2) is 0 Å². The first-order valence-corrected chi connectivity index (χ1v) is 44.7. The lowest BCUT2D eigenvalue weighted by molar-refractivity contribution is 0.125. The largest absolute Gasteiger partial charge is 0.497 e. The minimum Gasteiger partial charge on any atom is -0.497 e. The van der Waals surface area contributed by atoms with Crippen molar-refractivity contribution in [3.8, 4) is 28.7 Å². The predicted molar refractivity (Wildman–Crippen MR) is 541 cm³/mol. The lowest BCUT2D eigenvalue weighted by atomic mass is 9.79. The van der Waals surface area contributed by atoms with Crippen molar-refractivity contribution in [2.24, 2.45) is 0 Å². The molecule has 0 radical (unpaired) electrons. The standard InChI is InChI=1S/C22H22O4.C21H20O3.C20H18O2.3C20H18O/c1-25-20-11-7-18(8-12-20)22(24,17-5-3-16(15-23)4-6-17)19-9-13-21(26-2)14-10-19;1-23-19-12-8-17(9-13-19)21(22,16-6-4-3-5-7-16)18-10-14-20(24-2)15-11-18;1-22-19-14-12-18(13-15-19)20(21,16-8-4-2-5-9-16)17-10-6-3-7-11-17;1-16-10-8-9-15-19(16)20(21,17-11-4-2-5-12-17)18-13-6-3-7-14-18;1-16-9-8-14-19(15-16)20(21,17-10-4-2-5-11-17)18-12-6-3-7-13-18;1-16-12-14-19(15-13-16)20(21,17-8-4-2-5-9-17)18-10-6-3-7-11-18/h3-14,23-24H,15H2,1-2H3;3-15,22H,1-2H3;2-15,21H,1H3;3*2-15,21H,1H3. The molecule has 0 saturated carbocycles. The van der Waals surface area contributed by atoms with Gasteiger partial charge in [-0.1, -0.05) is 442 Å². The van der Waals surface area contributed by atoms with Gasteiger partial charge in [-0.25, -0.2) is 0 Å². The molecule has 18 aromatic rings. The smallest absolute Gasteiger partial charge is 0.140 e. The van der Waals surface area contributed by atoms with Crippen LogP contribution in [-0.2, 0) is 40.2 Å². The third-order valence-corrected chi connectivity index (χ3v) is 24.3. The molecule has 0 unspecified atom stereocenters. The maximum atomic E-state index is 11.8. The van der Waals surface area contributed by atoms with Crippen LogP contribution in [0.1, 0.15) is 122 Å². The van der Waals surface area contributed by atoms with Gasteiger partial charge in [0.05, 0.1) is 42.2 Å². The maximum Gasteiger partial charge on any atom is 0.140 e. The first kappa shape index (κ1) is 97.2. The molecule has 18 rings (SSSR count). The van der Waals surface area contributed by atoms with Gasteiger partial charge in [-0.05, 0) is 193 Å². The summed E-state index contributed by atoms with van der Waals surface area (Å²) in [7, 11) is 8.11. The number of aliphatic hydroxyl groups is 7. The van der Waals surface area contributed by atoms with Crippen molar-refractivity contribution >= 4 is 0 Å². The molecule has 0 heterocycles. The molecular formula is C123H114O12. The Labute approximate surface area is 793 Å². The number of benzene rings is 18. The normalized spacial score (nSPS) is 11.3. The van der Waals surface area contributed by atoms with Gasteiger partial charge < -0.3 is 59.4 Å². The highest BCUT2D eigenvalue weighted by atomic mass is 16.5. The summed E-state index contributed by atoms with van der Waals surface area (Å²) in [4.78, 5) is 0. The molecule has 12 heteroatoms. The van der Waals surface area contributed by atoms with E-state index in [2.05, 4.69) is 0 Å². The Morgan fingerprint density at radius 1 is 0.170 bits per heavy atom. The van der Waals surface area contributed by atoms with E-state index in [1.54, 1.807) is 35.5 Å². The second-order valence-electron chi connectivity index (χ2n) is 32.6. The monoisotopic (exact) mass is 1780 g/mol. The fraction of sp³-hybridized carbons (Fsp3) is 0.122. The summed E-state index contributed by atoms with van der Waals surface area (Å²) in [5.41, 5.74) is 12.0. The first-order valence-electron chi connectivity index (χ1n) is 44.7. The second-order valence-corrected chi connectivity index (χ2v) is 32.6. The molecule has 0 aliphatic rings. The van der Waals surface area contributed by atoms with Gasteiger partial charge in [0.1, 0.15) is 62.4 Å². The quantitative estimate of drug-likeness (QED) is 0.0284. The van der Waals surface area contributed by atoms with E-state index in [4.69, 9.17) is 23.7 Å². The van der Waals surface area contributed by atoms with Crippen LogP contribution < -0.4 is 23.7 Å². The zero-order chi connectivity index (χ0) is 95.1. The molecule has 0 aromatic heterocycles. The summed E-state index contributed by atoms with van der Waals surface area (Å²) in [5, 5.41) is 79.0. The SMILES string of the molecule is COc1ccc(C(O)(c2ccc(CO)cc2)c2ccc(OC)cc2)cc1.COc1ccc(C(O)(c2ccccc2)c2ccc(OC)cc2)cc1.COc1ccc(C(O)(c2ccccc2)c2ccccc2)cc1.Cc1ccc(C(O)(c2ccccc2)c2ccccc2)cc1.Cc1cccc(C(O)(c2ccccc2)c2ccccc2)c1.Cc1ccccc1C(O)(c1ccccc1)c1ccccc1. The molecule has 0 bridgehead atoms. The highest BCUT2D eigenvalue weighted by molar-refractivity contribution is 5.56. The van der Waals surface area contributed by atoms with E-state index in [9.17, 15) is 35.7 Å². The fourth-order valence-corrected chi connectivity index (χ4v) is 16.7. The van der Waals surface area contributed by atoms with Crippen molar-refractivity contribution in [3.63, 3.8) is 0 Å². The number of aryl methyl sites for hydroxylation is 3. The van der Waals surface area contributed by atoms with Gasteiger partial charge in [0.2, 0.25) is 0 Å². The third kappa shape index (κ3) is 22.5. The molecule has 18 aromatic carbocycles. The van der Waals surface area contributed by atoms with Crippen LogP contribution in [0.4, 0.5) is 0 Å². The minimum absolute atomic E-state index is 0.0379. The van der Waals surface area contributed by atoms with Gasteiger partial charge in [-0.15, -0.1) is 0 Å². The van der Waals surface area contributed by atoms with Crippen LogP contribution in [0.2, 0.25) is 0 Å². The summed E-state index contributed by atoms with van der Waals surface area (Å²) in [6.07, 6.45) is 0. The highest BCUT2D eigenvalue weighted by Gasteiger charge is 2.40. The van der Waals surface area contributed by atoms with Crippen molar-refractivity contribution in [3.05, 3.63) is 614 Å².